The summed E-state index contributed by atoms with van der Waals surface area (Å²) in [6.45, 7) is 6.15. The molecule has 1 heterocycles. The Labute approximate surface area is 118 Å². The highest BCUT2D eigenvalue weighted by atomic mass is 16.2. The van der Waals surface area contributed by atoms with Gasteiger partial charge in [-0.05, 0) is 61.2 Å². The van der Waals surface area contributed by atoms with Gasteiger partial charge in [-0.15, -0.1) is 0 Å². The molecule has 0 saturated carbocycles. The number of carbonyl (C=O) groups is 1. The number of aromatic nitrogens is 1. The minimum Gasteiger partial charge on any atom is -0.266 e. The van der Waals surface area contributed by atoms with Crippen LogP contribution < -0.4 is 5.43 Å². The number of amides is 1. The molecular weight excluding hydrogens is 250 g/mol. The summed E-state index contributed by atoms with van der Waals surface area (Å²) in [5, 5.41) is 3.98. The van der Waals surface area contributed by atoms with Gasteiger partial charge in [0.1, 0.15) is 5.69 Å². The first-order valence-corrected chi connectivity index (χ1v) is 6.40. The molecule has 1 aromatic carbocycles. The summed E-state index contributed by atoms with van der Waals surface area (Å²) in [5.74, 6) is -0.316. The Bertz CT molecular complexity index is 648. The lowest BCUT2D eigenvalue weighted by atomic mass is 10.0. The van der Waals surface area contributed by atoms with Crippen molar-refractivity contribution in [1.29, 1.82) is 0 Å². The third-order valence-electron chi connectivity index (χ3n) is 3.15. The number of hydrazone groups is 1. The van der Waals surface area contributed by atoms with Crippen LogP contribution in [0.2, 0.25) is 0 Å². The van der Waals surface area contributed by atoms with Gasteiger partial charge in [-0.1, -0.05) is 12.1 Å². The van der Waals surface area contributed by atoms with Gasteiger partial charge in [0.05, 0.1) is 6.21 Å². The first-order valence-electron chi connectivity index (χ1n) is 6.40. The zero-order valence-corrected chi connectivity index (χ0v) is 11.8. The lowest BCUT2D eigenvalue weighted by Gasteiger charge is -2.05. The van der Waals surface area contributed by atoms with E-state index >= 15 is 0 Å². The van der Waals surface area contributed by atoms with Crippen LogP contribution in [-0.2, 0) is 0 Å². The van der Waals surface area contributed by atoms with Gasteiger partial charge in [0.2, 0.25) is 0 Å². The molecule has 1 aromatic heterocycles. The number of carbonyl (C=O) groups excluding carboxylic acids is 1. The van der Waals surface area contributed by atoms with Gasteiger partial charge in [0.15, 0.2) is 0 Å². The van der Waals surface area contributed by atoms with E-state index in [-0.39, 0.29) is 5.91 Å². The van der Waals surface area contributed by atoms with E-state index in [0.717, 1.165) is 11.1 Å². The summed E-state index contributed by atoms with van der Waals surface area (Å²) in [7, 11) is 0. The van der Waals surface area contributed by atoms with Crippen LogP contribution in [-0.4, -0.2) is 17.1 Å². The summed E-state index contributed by atoms with van der Waals surface area (Å²) < 4.78 is 0. The van der Waals surface area contributed by atoms with Crippen LogP contribution in [0.15, 0.2) is 41.6 Å². The van der Waals surface area contributed by atoms with Crippen molar-refractivity contribution in [1.82, 2.24) is 10.4 Å². The molecule has 0 aliphatic carbocycles. The number of hydrogen-bond acceptors (Lipinski definition) is 3. The van der Waals surface area contributed by atoms with Crippen molar-refractivity contribution >= 4 is 12.1 Å². The molecule has 4 nitrogen and oxygen atoms in total. The molecule has 0 radical (unpaired) electrons. The summed E-state index contributed by atoms with van der Waals surface area (Å²) in [4.78, 5) is 15.7. The molecule has 20 heavy (non-hydrogen) atoms. The lowest BCUT2D eigenvalue weighted by Crippen LogP contribution is -2.18. The summed E-state index contributed by atoms with van der Waals surface area (Å²) in [6, 6.07) is 9.34. The van der Waals surface area contributed by atoms with Crippen molar-refractivity contribution < 1.29 is 4.79 Å². The van der Waals surface area contributed by atoms with E-state index in [1.807, 2.05) is 6.92 Å². The quantitative estimate of drug-likeness (QED) is 0.686. The maximum atomic E-state index is 11.8. The minimum atomic E-state index is -0.316. The van der Waals surface area contributed by atoms with Crippen LogP contribution in [0.5, 0.6) is 0 Å². The Hall–Kier alpha value is -2.49. The Kier molecular flexibility index (Phi) is 4.25. The first kappa shape index (κ1) is 13.9. The molecule has 1 N–H and O–H groups in total. The number of rotatable bonds is 3. The van der Waals surface area contributed by atoms with E-state index in [0.29, 0.717) is 5.69 Å². The van der Waals surface area contributed by atoms with Crippen molar-refractivity contribution in [3.8, 4) is 0 Å². The molecule has 0 atom stereocenters. The van der Waals surface area contributed by atoms with Crippen molar-refractivity contribution in [2.45, 2.75) is 20.8 Å². The maximum absolute atomic E-state index is 11.8. The molecule has 0 fully saturated rings. The van der Waals surface area contributed by atoms with E-state index in [2.05, 4.69) is 41.5 Å². The van der Waals surface area contributed by atoms with Gasteiger partial charge in [-0.25, -0.2) is 5.43 Å². The van der Waals surface area contributed by atoms with E-state index in [4.69, 9.17) is 0 Å². The number of nitrogens with one attached hydrogen (secondary N) is 1. The normalized spacial score (nSPS) is 10.8. The molecule has 0 saturated heterocycles. The molecule has 1 amide bonds. The standard InChI is InChI=1S/C16H17N3O/c1-11-8-13(3)14(9-12(11)2)10-18-19-16(20)15-6-4-5-7-17-15/h4-10H,1-3H3,(H,19,20)/b18-10-. The SMILES string of the molecule is Cc1cc(C)c(/C=N\NC(=O)c2ccccn2)cc1C. The number of benzene rings is 1. The first-order chi connectivity index (χ1) is 9.58. The summed E-state index contributed by atoms with van der Waals surface area (Å²) >= 11 is 0. The van der Waals surface area contributed by atoms with Crippen molar-refractivity contribution in [3.63, 3.8) is 0 Å². The van der Waals surface area contributed by atoms with Gasteiger partial charge in [-0.2, -0.15) is 5.10 Å². The largest absolute Gasteiger partial charge is 0.289 e. The molecule has 4 heteroatoms. The number of nitrogens with zero attached hydrogens (tertiary/aromatic N) is 2. The van der Waals surface area contributed by atoms with Crippen LogP contribution in [0.3, 0.4) is 0 Å². The topological polar surface area (TPSA) is 54.4 Å². The Morgan fingerprint density at radius 2 is 1.90 bits per heavy atom. The number of hydrogen-bond donors (Lipinski definition) is 1. The second kappa shape index (κ2) is 6.10. The van der Waals surface area contributed by atoms with Crippen molar-refractivity contribution in [2.24, 2.45) is 5.10 Å². The zero-order valence-electron chi connectivity index (χ0n) is 11.8. The monoisotopic (exact) mass is 267 g/mol. The molecule has 0 bridgehead atoms. The smallest absolute Gasteiger partial charge is 0.266 e. The molecule has 2 aromatic rings. The number of pyridine rings is 1. The molecule has 2 rings (SSSR count). The fourth-order valence-corrected chi connectivity index (χ4v) is 1.84. The zero-order chi connectivity index (χ0) is 14.5. The average Bonchev–Trinajstić information content (AvgIpc) is 2.45. The molecule has 0 aliphatic heterocycles. The highest BCUT2D eigenvalue weighted by molar-refractivity contribution is 5.93. The van der Waals surface area contributed by atoms with Gasteiger partial charge in [0.25, 0.3) is 5.91 Å². The molecule has 102 valence electrons. The molecular formula is C16H17N3O. The third-order valence-corrected chi connectivity index (χ3v) is 3.15. The maximum Gasteiger partial charge on any atom is 0.289 e. The van der Waals surface area contributed by atoms with Crippen LogP contribution >= 0.6 is 0 Å². The van der Waals surface area contributed by atoms with Crippen LogP contribution in [0.25, 0.3) is 0 Å². The summed E-state index contributed by atoms with van der Waals surface area (Å²) in [6.07, 6.45) is 3.23. The Morgan fingerprint density at radius 3 is 2.60 bits per heavy atom. The Morgan fingerprint density at radius 1 is 1.15 bits per heavy atom. The van der Waals surface area contributed by atoms with Crippen LogP contribution in [0.4, 0.5) is 0 Å². The van der Waals surface area contributed by atoms with Gasteiger partial charge in [-0.3, -0.25) is 9.78 Å². The van der Waals surface area contributed by atoms with E-state index in [9.17, 15) is 4.79 Å². The summed E-state index contributed by atoms with van der Waals surface area (Å²) in [5.41, 5.74) is 7.40. The minimum absolute atomic E-state index is 0.316. The molecule has 0 unspecified atom stereocenters. The van der Waals surface area contributed by atoms with E-state index in [1.54, 1.807) is 30.6 Å². The third kappa shape index (κ3) is 3.29. The van der Waals surface area contributed by atoms with Crippen molar-refractivity contribution in [3.05, 3.63) is 64.5 Å². The Balaban J connectivity index is 2.08. The second-order valence-corrected chi connectivity index (χ2v) is 4.71. The number of aryl methyl sites for hydroxylation is 3. The van der Waals surface area contributed by atoms with Gasteiger partial charge >= 0.3 is 0 Å². The average molecular weight is 267 g/mol. The van der Waals surface area contributed by atoms with E-state index in [1.165, 1.54) is 11.1 Å². The van der Waals surface area contributed by atoms with Gasteiger partial charge in [0, 0.05) is 6.20 Å². The van der Waals surface area contributed by atoms with E-state index < -0.39 is 0 Å². The lowest BCUT2D eigenvalue weighted by molar-refractivity contribution is 0.0950. The van der Waals surface area contributed by atoms with Crippen molar-refractivity contribution in [2.75, 3.05) is 0 Å². The fraction of sp³-hybridized carbons (Fsp3) is 0.188. The molecule has 0 aliphatic rings. The highest BCUT2D eigenvalue weighted by Gasteiger charge is 2.04. The predicted octanol–water partition coefficient (Wildman–Crippen LogP) is 2.77. The van der Waals surface area contributed by atoms with Gasteiger partial charge < -0.3 is 0 Å². The van der Waals surface area contributed by atoms with Crippen LogP contribution in [0, 0.1) is 20.8 Å². The predicted molar refractivity (Wildman–Crippen MR) is 80.0 cm³/mol. The second-order valence-electron chi connectivity index (χ2n) is 4.71. The highest BCUT2D eigenvalue weighted by Crippen LogP contribution is 2.13. The fourth-order valence-electron chi connectivity index (χ4n) is 1.84. The molecule has 0 spiro atoms. The van der Waals surface area contributed by atoms with Crippen LogP contribution in [0.1, 0.15) is 32.7 Å².